The van der Waals surface area contributed by atoms with Crippen molar-refractivity contribution in [3.63, 3.8) is 0 Å². The highest BCUT2D eigenvalue weighted by atomic mass is 16.2. The standard InChI is InChI=1S/C15H25N3O/c1-3-5-12(2)17-15(19)14-6-4-11-18(14)13-7-9-16-10-8-13/h4,6,11-13,16H,3,5,7-10H2,1-2H3,(H,17,19). The molecule has 1 aliphatic rings. The first-order valence-electron chi connectivity index (χ1n) is 7.40. The van der Waals surface area contributed by atoms with E-state index in [9.17, 15) is 4.79 Å². The van der Waals surface area contributed by atoms with E-state index in [1.54, 1.807) is 0 Å². The quantitative estimate of drug-likeness (QED) is 0.856. The number of carbonyl (C=O) groups excluding carboxylic acids is 1. The van der Waals surface area contributed by atoms with Crippen molar-refractivity contribution in [2.45, 2.75) is 51.6 Å². The average Bonchev–Trinajstić information content (AvgIpc) is 2.89. The number of hydrogen-bond donors (Lipinski definition) is 2. The van der Waals surface area contributed by atoms with Gasteiger partial charge in [-0.1, -0.05) is 13.3 Å². The van der Waals surface area contributed by atoms with Gasteiger partial charge >= 0.3 is 0 Å². The SMILES string of the molecule is CCCC(C)NC(=O)c1cccn1C1CCNCC1. The molecule has 2 N–H and O–H groups in total. The molecule has 0 radical (unpaired) electrons. The molecule has 1 atom stereocenters. The highest BCUT2D eigenvalue weighted by Crippen LogP contribution is 2.21. The van der Waals surface area contributed by atoms with Gasteiger partial charge in [0, 0.05) is 18.3 Å². The van der Waals surface area contributed by atoms with Crippen molar-refractivity contribution in [1.82, 2.24) is 15.2 Å². The topological polar surface area (TPSA) is 46.1 Å². The van der Waals surface area contributed by atoms with Crippen molar-refractivity contribution in [1.29, 1.82) is 0 Å². The van der Waals surface area contributed by atoms with E-state index in [2.05, 4.69) is 29.0 Å². The first-order valence-corrected chi connectivity index (χ1v) is 7.40. The van der Waals surface area contributed by atoms with Gasteiger partial charge in [-0.25, -0.2) is 0 Å². The van der Waals surface area contributed by atoms with Crippen LogP contribution < -0.4 is 10.6 Å². The zero-order valence-electron chi connectivity index (χ0n) is 12.0. The van der Waals surface area contributed by atoms with Gasteiger partial charge in [-0.15, -0.1) is 0 Å². The Bertz CT molecular complexity index is 407. The van der Waals surface area contributed by atoms with Gasteiger partial charge < -0.3 is 15.2 Å². The molecule has 2 rings (SSSR count). The number of nitrogens with zero attached hydrogens (tertiary/aromatic N) is 1. The van der Waals surface area contributed by atoms with Gasteiger partial charge in [-0.3, -0.25) is 4.79 Å². The fourth-order valence-electron chi connectivity index (χ4n) is 2.79. The van der Waals surface area contributed by atoms with Crippen LogP contribution in [0.2, 0.25) is 0 Å². The van der Waals surface area contributed by atoms with E-state index in [0.717, 1.165) is 44.5 Å². The molecule has 1 aromatic rings. The second-order valence-electron chi connectivity index (χ2n) is 5.45. The molecule has 19 heavy (non-hydrogen) atoms. The van der Waals surface area contributed by atoms with Crippen LogP contribution in [0, 0.1) is 0 Å². The van der Waals surface area contributed by atoms with Gasteiger partial charge in [-0.2, -0.15) is 0 Å². The molecular weight excluding hydrogens is 238 g/mol. The average molecular weight is 263 g/mol. The maximum absolute atomic E-state index is 12.3. The molecule has 0 spiro atoms. The minimum Gasteiger partial charge on any atom is -0.348 e. The molecule has 0 bridgehead atoms. The summed E-state index contributed by atoms with van der Waals surface area (Å²) >= 11 is 0. The van der Waals surface area contributed by atoms with E-state index in [1.165, 1.54) is 0 Å². The summed E-state index contributed by atoms with van der Waals surface area (Å²) in [5.41, 5.74) is 0.801. The molecular formula is C15H25N3O. The molecule has 0 aliphatic carbocycles. The summed E-state index contributed by atoms with van der Waals surface area (Å²) in [5.74, 6) is 0.0597. The molecule has 1 fully saturated rings. The Labute approximate surface area is 115 Å². The lowest BCUT2D eigenvalue weighted by molar-refractivity contribution is 0.0925. The van der Waals surface area contributed by atoms with E-state index < -0.39 is 0 Å². The summed E-state index contributed by atoms with van der Waals surface area (Å²) in [6.07, 6.45) is 6.35. The summed E-state index contributed by atoms with van der Waals surface area (Å²) in [6, 6.07) is 4.60. The van der Waals surface area contributed by atoms with Crippen LogP contribution in [0.1, 0.15) is 56.1 Å². The molecule has 106 valence electrons. The lowest BCUT2D eigenvalue weighted by Gasteiger charge is -2.26. The molecule has 0 aromatic carbocycles. The summed E-state index contributed by atoms with van der Waals surface area (Å²) in [7, 11) is 0. The van der Waals surface area contributed by atoms with Crippen LogP contribution in [-0.4, -0.2) is 29.6 Å². The van der Waals surface area contributed by atoms with Crippen molar-refractivity contribution in [2.75, 3.05) is 13.1 Å². The van der Waals surface area contributed by atoms with Crippen LogP contribution in [0.15, 0.2) is 18.3 Å². The number of aromatic nitrogens is 1. The Morgan fingerprint density at radius 1 is 1.53 bits per heavy atom. The Morgan fingerprint density at radius 3 is 2.95 bits per heavy atom. The number of amides is 1. The third-order valence-electron chi connectivity index (χ3n) is 3.81. The van der Waals surface area contributed by atoms with Crippen LogP contribution in [0.4, 0.5) is 0 Å². The van der Waals surface area contributed by atoms with Crippen LogP contribution in [0.5, 0.6) is 0 Å². The van der Waals surface area contributed by atoms with E-state index >= 15 is 0 Å². The third-order valence-corrected chi connectivity index (χ3v) is 3.81. The van der Waals surface area contributed by atoms with Gasteiger partial charge in [0.05, 0.1) is 0 Å². The number of nitrogens with one attached hydrogen (secondary N) is 2. The zero-order valence-corrected chi connectivity index (χ0v) is 12.0. The molecule has 4 heteroatoms. The summed E-state index contributed by atoms with van der Waals surface area (Å²) < 4.78 is 2.15. The third kappa shape index (κ3) is 3.60. The molecule has 0 saturated carbocycles. The molecule has 1 unspecified atom stereocenters. The van der Waals surface area contributed by atoms with E-state index in [-0.39, 0.29) is 11.9 Å². The predicted octanol–water partition coefficient (Wildman–Crippen LogP) is 2.33. The van der Waals surface area contributed by atoms with Crippen molar-refractivity contribution in [3.8, 4) is 0 Å². The number of rotatable bonds is 5. The summed E-state index contributed by atoms with van der Waals surface area (Å²) in [4.78, 5) is 12.3. The minimum absolute atomic E-state index is 0.0597. The van der Waals surface area contributed by atoms with E-state index in [0.29, 0.717) is 6.04 Å². The van der Waals surface area contributed by atoms with Gasteiger partial charge in [-0.05, 0) is 51.4 Å². The second-order valence-corrected chi connectivity index (χ2v) is 5.45. The molecule has 1 aliphatic heterocycles. The number of piperidine rings is 1. The van der Waals surface area contributed by atoms with Gasteiger partial charge in [0.25, 0.3) is 5.91 Å². The molecule has 1 saturated heterocycles. The van der Waals surface area contributed by atoms with E-state index in [4.69, 9.17) is 0 Å². The second kappa shape index (κ2) is 6.75. The van der Waals surface area contributed by atoms with Crippen molar-refractivity contribution >= 4 is 5.91 Å². The van der Waals surface area contributed by atoms with Crippen molar-refractivity contribution in [3.05, 3.63) is 24.0 Å². The Kier molecular flexibility index (Phi) is 5.02. The molecule has 1 amide bonds. The fourth-order valence-corrected chi connectivity index (χ4v) is 2.79. The lowest BCUT2D eigenvalue weighted by atomic mass is 10.1. The van der Waals surface area contributed by atoms with Crippen LogP contribution in [0.3, 0.4) is 0 Å². The molecule has 4 nitrogen and oxygen atoms in total. The number of hydrogen-bond acceptors (Lipinski definition) is 2. The maximum Gasteiger partial charge on any atom is 0.268 e. The van der Waals surface area contributed by atoms with Crippen LogP contribution in [-0.2, 0) is 0 Å². The number of carbonyl (C=O) groups is 1. The predicted molar refractivity (Wildman–Crippen MR) is 77.4 cm³/mol. The normalized spacial score (nSPS) is 18.2. The fraction of sp³-hybridized carbons (Fsp3) is 0.667. The Balaban J connectivity index is 2.03. The highest BCUT2D eigenvalue weighted by molar-refractivity contribution is 5.93. The molecule has 2 heterocycles. The first kappa shape index (κ1) is 14.1. The molecule has 1 aromatic heterocycles. The van der Waals surface area contributed by atoms with Crippen LogP contribution in [0.25, 0.3) is 0 Å². The Morgan fingerprint density at radius 2 is 2.26 bits per heavy atom. The summed E-state index contributed by atoms with van der Waals surface area (Å²) in [6.45, 7) is 6.28. The van der Waals surface area contributed by atoms with Crippen molar-refractivity contribution < 1.29 is 4.79 Å². The van der Waals surface area contributed by atoms with Gasteiger partial charge in [0.1, 0.15) is 5.69 Å². The smallest absolute Gasteiger partial charge is 0.268 e. The van der Waals surface area contributed by atoms with Gasteiger partial charge in [0.2, 0.25) is 0 Å². The monoisotopic (exact) mass is 263 g/mol. The van der Waals surface area contributed by atoms with Gasteiger partial charge in [0.15, 0.2) is 0 Å². The highest BCUT2D eigenvalue weighted by Gasteiger charge is 2.20. The Hall–Kier alpha value is -1.29. The lowest BCUT2D eigenvalue weighted by Crippen LogP contribution is -2.35. The minimum atomic E-state index is 0.0597. The first-order chi connectivity index (χ1) is 9.22. The maximum atomic E-state index is 12.3. The van der Waals surface area contributed by atoms with Crippen molar-refractivity contribution in [2.24, 2.45) is 0 Å². The largest absolute Gasteiger partial charge is 0.348 e. The zero-order chi connectivity index (χ0) is 13.7. The summed E-state index contributed by atoms with van der Waals surface area (Å²) in [5, 5.41) is 6.45. The van der Waals surface area contributed by atoms with Crippen LogP contribution >= 0.6 is 0 Å². The van der Waals surface area contributed by atoms with E-state index in [1.807, 2.05) is 18.3 Å².